The number of hydrogen-bond donors (Lipinski definition) is 2. The Kier molecular flexibility index (Phi) is 4.88. The average Bonchev–Trinajstić information content (AvgIpc) is 2.36. The van der Waals surface area contributed by atoms with Crippen LogP contribution in [-0.2, 0) is 0 Å². The fourth-order valence-corrected chi connectivity index (χ4v) is 3.52. The molecule has 0 aliphatic carbocycles. The molecule has 2 aromatic carbocycles. The van der Waals surface area contributed by atoms with Crippen molar-refractivity contribution >= 4 is 59.4 Å². The van der Waals surface area contributed by atoms with Crippen LogP contribution in [-0.4, -0.2) is 11.0 Å². The molecule has 0 atom stereocenters. The number of nitrogens with one attached hydrogen (secondary N) is 1. The molecule has 0 saturated heterocycles. The number of hydrogen-bond acceptors (Lipinski definition) is 2. The number of phenolic OH excluding ortho intramolecular Hbond substituents is 1. The number of aryl methyl sites for hydroxylation is 1. The smallest absolute Gasteiger partial charge is 0.255 e. The van der Waals surface area contributed by atoms with Crippen molar-refractivity contribution in [1.82, 2.24) is 0 Å². The summed E-state index contributed by atoms with van der Waals surface area (Å²) in [6.45, 7) is 1.97. The van der Waals surface area contributed by atoms with Crippen LogP contribution in [0.25, 0.3) is 0 Å². The number of carbonyl (C=O) groups excluding carboxylic acids is 1. The minimum absolute atomic E-state index is 0.0275. The van der Waals surface area contributed by atoms with Crippen molar-refractivity contribution in [1.29, 1.82) is 0 Å². The second-order valence-corrected chi connectivity index (χ2v) is 6.79. The molecule has 2 rings (SSSR count). The Bertz CT molecular complexity index is 663. The standard InChI is InChI=1S/C14H10Br3NO2/c1-7-4-10(16)13(11(17)5-7)18-14(20)8-2-3-9(15)12(19)6-8/h2-6,19H,1H3,(H,18,20). The summed E-state index contributed by atoms with van der Waals surface area (Å²) in [6.07, 6.45) is 0. The number of benzene rings is 2. The molecule has 104 valence electrons. The van der Waals surface area contributed by atoms with Gasteiger partial charge >= 0.3 is 0 Å². The lowest BCUT2D eigenvalue weighted by Crippen LogP contribution is -2.12. The first-order chi connectivity index (χ1) is 9.38. The van der Waals surface area contributed by atoms with Gasteiger partial charge < -0.3 is 10.4 Å². The summed E-state index contributed by atoms with van der Waals surface area (Å²) in [6, 6.07) is 8.51. The molecule has 6 heteroatoms. The summed E-state index contributed by atoms with van der Waals surface area (Å²) in [5.74, 6) is -0.266. The van der Waals surface area contributed by atoms with Crippen LogP contribution in [0, 0.1) is 6.92 Å². The van der Waals surface area contributed by atoms with E-state index in [0.29, 0.717) is 15.7 Å². The first-order valence-electron chi connectivity index (χ1n) is 5.64. The maximum Gasteiger partial charge on any atom is 0.255 e. The van der Waals surface area contributed by atoms with Crippen LogP contribution in [0.1, 0.15) is 15.9 Å². The minimum atomic E-state index is -0.293. The van der Waals surface area contributed by atoms with Gasteiger partial charge in [-0.1, -0.05) is 0 Å². The second-order valence-electron chi connectivity index (χ2n) is 4.22. The highest BCUT2D eigenvalue weighted by Crippen LogP contribution is 2.33. The maximum absolute atomic E-state index is 12.2. The van der Waals surface area contributed by atoms with E-state index in [0.717, 1.165) is 14.5 Å². The SMILES string of the molecule is Cc1cc(Br)c(NC(=O)c2ccc(Br)c(O)c2)c(Br)c1. The molecule has 20 heavy (non-hydrogen) atoms. The third-order valence-electron chi connectivity index (χ3n) is 2.63. The number of phenols is 1. The summed E-state index contributed by atoms with van der Waals surface area (Å²) in [5.41, 5.74) is 2.11. The second kappa shape index (κ2) is 6.28. The molecule has 1 amide bonds. The van der Waals surface area contributed by atoms with Gasteiger partial charge in [0.1, 0.15) is 5.75 Å². The number of rotatable bonds is 2. The molecule has 3 nitrogen and oxygen atoms in total. The first kappa shape index (κ1) is 15.5. The quantitative estimate of drug-likeness (QED) is 0.639. The van der Waals surface area contributed by atoms with Gasteiger partial charge in [-0.15, -0.1) is 0 Å². The molecular weight excluding hydrogens is 454 g/mol. The summed E-state index contributed by atoms with van der Waals surface area (Å²) in [5, 5.41) is 12.4. The van der Waals surface area contributed by atoms with Gasteiger partial charge in [0.2, 0.25) is 0 Å². The third-order valence-corrected chi connectivity index (χ3v) is 4.55. The number of anilines is 1. The zero-order chi connectivity index (χ0) is 14.9. The first-order valence-corrected chi connectivity index (χ1v) is 8.02. The zero-order valence-electron chi connectivity index (χ0n) is 10.4. The fourth-order valence-electron chi connectivity index (χ4n) is 1.66. The highest BCUT2D eigenvalue weighted by molar-refractivity contribution is 9.11. The van der Waals surface area contributed by atoms with E-state index in [1.54, 1.807) is 12.1 Å². The Morgan fingerprint density at radius 2 is 1.65 bits per heavy atom. The Morgan fingerprint density at radius 3 is 2.20 bits per heavy atom. The van der Waals surface area contributed by atoms with E-state index >= 15 is 0 Å². The molecule has 0 heterocycles. The fraction of sp³-hybridized carbons (Fsp3) is 0.0714. The van der Waals surface area contributed by atoms with Crippen LogP contribution in [0.15, 0.2) is 43.7 Å². The topological polar surface area (TPSA) is 49.3 Å². The normalized spacial score (nSPS) is 10.4. The van der Waals surface area contributed by atoms with Crippen molar-refractivity contribution in [3.63, 3.8) is 0 Å². The van der Waals surface area contributed by atoms with Crippen LogP contribution in [0.5, 0.6) is 5.75 Å². The molecule has 0 saturated carbocycles. The highest BCUT2D eigenvalue weighted by atomic mass is 79.9. The van der Waals surface area contributed by atoms with Gasteiger partial charge in [-0.2, -0.15) is 0 Å². The Balaban J connectivity index is 2.30. The summed E-state index contributed by atoms with van der Waals surface area (Å²) >= 11 is 10.0. The van der Waals surface area contributed by atoms with E-state index in [2.05, 4.69) is 53.1 Å². The lowest BCUT2D eigenvalue weighted by molar-refractivity contribution is 0.102. The van der Waals surface area contributed by atoms with E-state index in [1.165, 1.54) is 6.07 Å². The van der Waals surface area contributed by atoms with Gasteiger partial charge in [0, 0.05) is 14.5 Å². The molecule has 0 aliphatic rings. The van der Waals surface area contributed by atoms with Gasteiger partial charge in [-0.05, 0) is 90.6 Å². The van der Waals surface area contributed by atoms with E-state index in [1.807, 2.05) is 19.1 Å². The van der Waals surface area contributed by atoms with E-state index in [-0.39, 0.29) is 11.7 Å². The molecule has 0 spiro atoms. The lowest BCUT2D eigenvalue weighted by Gasteiger charge is -2.11. The van der Waals surface area contributed by atoms with Crippen LogP contribution >= 0.6 is 47.8 Å². The monoisotopic (exact) mass is 461 g/mol. The molecule has 0 fully saturated rings. The van der Waals surface area contributed by atoms with Gasteiger partial charge in [-0.25, -0.2) is 0 Å². The average molecular weight is 464 g/mol. The van der Waals surface area contributed by atoms with E-state index < -0.39 is 0 Å². The van der Waals surface area contributed by atoms with Crippen LogP contribution in [0.3, 0.4) is 0 Å². The van der Waals surface area contributed by atoms with Crippen molar-refractivity contribution in [2.75, 3.05) is 5.32 Å². The highest BCUT2D eigenvalue weighted by Gasteiger charge is 2.13. The molecule has 0 bridgehead atoms. The predicted molar refractivity (Wildman–Crippen MR) is 90.3 cm³/mol. The van der Waals surface area contributed by atoms with Crippen molar-refractivity contribution in [3.05, 3.63) is 54.9 Å². The molecule has 0 aliphatic heterocycles. The van der Waals surface area contributed by atoms with E-state index in [4.69, 9.17) is 0 Å². The molecule has 0 unspecified atom stereocenters. The summed E-state index contributed by atoms with van der Waals surface area (Å²) in [7, 11) is 0. The van der Waals surface area contributed by atoms with Crippen LogP contribution in [0.2, 0.25) is 0 Å². The molecule has 0 radical (unpaired) electrons. The van der Waals surface area contributed by atoms with Crippen molar-refractivity contribution in [3.8, 4) is 5.75 Å². The zero-order valence-corrected chi connectivity index (χ0v) is 15.1. The minimum Gasteiger partial charge on any atom is -0.507 e. The predicted octanol–water partition coefficient (Wildman–Crippen LogP) is 5.24. The number of amides is 1. The third kappa shape index (κ3) is 3.42. The van der Waals surface area contributed by atoms with Gasteiger partial charge in [0.25, 0.3) is 5.91 Å². The summed E-state index contributed by atoms with van der Waals surface area (Å²) < 4.78 is 2.13. The van der Waals surface area contributed by atoms with Crippen LogP contribution < -0.4 is 5.32 Å². The van der Waals surface area contributed by atoms with Crippen LogP contribution in [0.4, 0.5) is 5.69 Å². The van der Waals surface area contributed by atoms with Gasteiger partial charge in [-0.3, -0.25) is 4.79 Å². The Hall–Kier alpha value is -0.850. The lowest BCUT2D eigenvalue weighted by atomic mass is 10.2. The molecular formula is C14H10Br3NO2. The largest absolute Gasteiger partial charge is 0.507 e. The molecule has 0 aromatic heterocycles. The van der Waals surface area contributed by atoms with Crippen molar-refractivity contribution in [2.24, 2.45) is 0 Å². The maximum atomic E-state index is 12.2. The van der Waals surface area contributed by atoms with E-state index in [9.17, 15) is 9.90 Å². The molecule has 2 aromatic rings. The van der Waals surface area contributed by atoms with Gasteiger partial charge in [0.05, 0.1) is 10.2 Å². The Labute approximate surface area is 141 Å². The van der Waals surface area contributed by atoms with Gasteiger partial charge in [0.15, 0.2) is 0 Å². The van der Waals surface area contributed by atoms with Crippen molar-refractivity contribution in [2.45, 2.75) is 6.92 Å². The summed E-state index contributed by atoms with van der Waals surface area (Å²) in [4.78, 5) is 12.2. The molecule has 2 N–H and O–H groups in total. The number of halogens is 3. The number of carbonyl (C=O) groups is 1. The number of aromatic hydroxyl groups is 1. The Morgan fingerprint density at radius 1 is 1.05 bits per heavy atom. The van der Waals surface area contributed by atoms with Crippen molar-refractivity contribution < 1.29 is 9.90 Å².